The van der Waals surface area contributed by atoms with Crippen molar-refractivity contribution in [3.63, 3.8) is 0 Å². The van der Waals surface area contributed by atoms with Gasteiger partial charge in [0.2, 0.25) is 0 Å². The highest BCUT2D eigenvalue weighted by Crippen LogP contribution is 2.49. The first-order valence-electron chi connectivity index (χ1n) is 9.18. The van der Waals surface area contributed by atoms with E-state index in [0.717, 1.165) is 31.3 Å². The molecule has 2 aromatic rings. The first kappa shape index (κ1) is 18.4. The smallest absolute Gasteiger partial charge is 0.381 e. The predicted molar refractivity (Wildman–Crippen MR) is 93.0 cm³/mol. The number of ether oxygens (including phenoxy) is 1. The Labute approximate surface area is 156 Å². The molecule has 0 N–H and O–H groups in total. The summed E-state index contributed by atoms with van der Waals surface area (Å²) in [4.78, 5) is 2.13. The average molecular weight is 380 g/mol. The van der Waals surface area contributed by atoms with E-state index in [4.69, 9.17) is 4.74 Å². The fourth-order valence-corrected chi connectivity index (χ4v) is 4.62. The van der Waals surface area contributed by atoms with Crippen molar-refractivity contribution in [1.82, 2.24) is 19.7 Å². The molecule has 1 spiro atoms. The van der Waals surface area contributed by atoms with Gasteiger partial charge in [-0.3, -0.25) is 4.90 Å². The van der Waals surface area contributed by atoms with Gasteiger partial charge in [-0.15, -0.1) is 10.2 Å². The van der Waals surface area contributed by atoms with Gasteiger partial charge in [0.25, 0.3) is 0 Å². The number of alkyl halides is 3. The number of rotatable bonds is 3. The number of nitrogens with zero attached hydrogens (tertiary/aromatic N) is 4. The van der Waals surface area contributed by atoms with E-state index in [1.807, 2.05) is 11.6 Å². The Morgan fingerprint density at radius 3 is 2.63 bits per heavy atom. The molecule has 2 saturated heterocycles. The number of aryl methyl sites for hydroxylation is 1. The molecule has 2 aliphatic rings. The Kier molecular flexibility index (Phi) is 4.71. The van der Waals surface area contributed by atoms with Crippen LogP contribution in [0, 0.1) is 5.41 Å². The van der Waals surface area contributed by atoms with Gasteiger partial charge in [-0.1, -0.05) is 18.2 Å². The Balaban J connectivity index is 1.62. The summed E-state index contributed by atoms with van der Waals surface area (Å²) in [5.74, 6) is 1.05. The number of halogens is 3. The van der Waals surface area contributed by atoms with Crippen LogP contribution < -0.4 is 0 Å². The van der Waals surface area contributed by atoms with E-state index >= 15 is 0 Å². The highest BCUT2D eigenvalue weighted by molar-refractivity contribution is 5.30. The molecule has 5 nitrogen and oxygen atoms in total. The monoisotopic (exact) mass is 380 g/mol. The Hall–Kier alpha value is -1.93. The Morgan fingerprint density at radius 2 is 1.96 bits per heavy atom. The highest BCUT2D eigenvalue weighted by Gasteiger charge is 2.49. The van der Waals surface area contributed by atoms with E-state index in [9.17, 15) is 13.2 Å². The second-order valence-electron chi connectivity index (χ2n) is 7.65. The van der Waals surface area contributed by atoms with E-state index in [1.54, 1.807) is 18.5 Å². The van der Waals surface area contributed by atoms with Gasteiger partial charge in [0.1, 0.15) is 12.2 Å². The lowest BCUT2D eigenvalue weighted by Gasteiger charge is -2.37. The van der Waals surface area contributed by atoms with Crippen molar-refractivity contribution >= 4 is 0 Å². The SMILES string of the molecule is Cn1cnnc1C1CN(Cc2ccccc2C(F)(F)F)CC12CCOCC2. The molecular formula is C19H23F3N4O. The molecule has 27 heavy (non-hydrogen) atoms. The molecule has 0 radical (unpaired) electrons. The van der Waals surface area contributed by atoms with E-state index in [1.165, 1.54) is 6.07 Å². The highest BCUT2D eigenvalue weighted by atomic mass is 19.4. The second kappa shape index (κ2) is 6.91. The summed E-state index contributed by atoms with van der Waals surface area (Å²) in [6.07, 6.45) is -0.871. The van der Waals surface area contributed by atoms with E-state index in [-0.39, 0.29) is 17.9 Å². The molecule has 0 aliphatic carbocycles. The molecule has 1 unspecified atom stereocenters. The van der Waals surface area contributed by atoms with Crippen LogP contribution in [0.2, 0.25) is 0 Å². The standard InChI is InChI=1S/C19H23F3N4O/c1-25-13-23-24-17(25)16-11-26(12-18(16)6-8-27-9-7-18)10-14-4-2-3-5-15(14)19(20,21)22/h2-5,13,16H,6-12H2,1H3. The van der Waals surface area contributed by atoms with Crippen molar-refractivity contribution < 1.29 is 17.9 Å². The molecule has 1 atom stereocenters. The lowest BCUT2D eigenvalue weighted by Crippen LogP contribution is -2.36. The molecule has 146 valence electrons. The molecule has 4 rings (SSSR count). The second-order valence-corrected chi connectivity index (χ2v) is 7.65. The third-order valence-electron chi connectivity index (χ3n) is 5.98. The van der Waals surface area contributed by atoms with Gasteiger partial charge in [0.15, 0.2) is 0 Å². The van der Waals surface area contributed by atoms with Crippen LogP contribution in [0.15, 0.2) is 30.6 Å². The molecule has 1 aromatic carbocycles. The minimum Gasteiger partial charge on any atom is -0.381 e. The van der Waals surface area contributed by atoms with Crippen LogP contribution in [0.4, 0.5) is 13.2 Å². The molecule has 1 aromatic heterocycles. The summed E-state index contributed by atoms with van der Waals surface area (Å²) >= 11 is 0. The third kappa shape index (κ3) is 3.48. The first-order chi connectivity index (χ1) is 12.9. The van der Waals surface area contributed by atoms with Crippen molar-refractivity contribution in [3.8, 4) is 0 Å². The van der Waals surface area contributed by atoms with Crippen molar-refractivity contribution in [2.45, 2.75) is 31.5 Å². The van der Waals surface area contributed by atoms with Crippen molar-refractivity contribution in [1.29, 1.82) is 0 Å². The number of hydrogen-bond acceptors (Lipinski definition) is 4. The van der Waals surface area contributed by atoms with Gasteiger partial charge < -0.3 is 9.30 Å². The minimum atomic E-state index is -4.34. The number of benzene rings is 1. The molecule has 2 fully saturated rings. The van der Waals surface area contributed by atoms with Crippen LogP contribution in [0.1, 0.15) is 35.7 Å². The normalized spacial score (nSPS) is 23.2. The maximum atomic E-state index is 13.4. The maximum absolute atomic E-state index is 13.4. The predicted octanol–water partition coefficient (Wildman–Crippen LogP) is 3.23. The zero-order valence-electron chi connectivity index (χ0n) is 15.2. The van der Waals surface area contributed by atoms with Crippen molar-refractivity contribution in [3.05, 3.63) is 47.5 Å². The Bertz CT molecular complexity index is 798. The third-order valence-corrected chi connectivity index (χ3v) is 5.98. The van der Waals surface area contributed by atoms with Crippen LogP contribution >= 0.6 is 0 Å². The summed E-state index contributed by atoms with van der Waals surface area (Å²) < 4.78 is 47.6. The Morgan fingerprint density at radius 1 is 1.22 bits per heavy atom. The van der Waals surface area contributed by atoms with Crippen LogP contribution in [-0.2, 0) is 24.5 Å². The lowest BCUT2D eigenvalue weighted by molar-refractivity contribution is -0.138. The number of likely N-dealkylation sites (tertiary alicyclic amines) is 1. The number of hydrogen-bond donors (Lipinski definition) is 0. The molecule has 0 amide bonds. The summed E-state index contributed by atoms with van der Waals surface area (Å²) in [5, 5.41) is 8.33. The van der Waals surface area contributed by atoms with Crippen molar-refractivity contribution in [2.24, 2.45) is 12.5 Å². The minimum absolute atomic E-state index is 0.0216. The van der Waals surface area contributed by atoms with Gasteiger partial charge in [0, 0.05) is 45.8 Å². The van der Waals surface area contributed by atoms with E-state index in [0.29, 0.717) is 25.3 Å². The summed E-state index contributed by atoms with van der Waals surface area (Å²) in [7, 11) is 1.92. The summed E-state index contributed by atoms with van der Waals surface area (Å²) in [6.45, 7) is 3.08. The fourth-order valence-electron chi connectivity index (χ4n) is 4.62. The van der Waals surface area contributed by atoms with Crippen LogP contribution in [-0.4, -0.2) is 46.0 Å². The lowest BCUT2D eigenvalue weighted by atomic mass is 9.72. The summed E-state index contributed by atoms with van der Waals surface area (Å²) in [6, 6.07) is 5.86. The fraction of sp³-hybridized carbons (Fsp3) is 0.579. The van der Waals surface area contributed by atoms with Crippen molar-refractivity contribution in [2.75, 3.05) is 26.3 Å². The first-order valence-corrected chi connectivity index (χ1v) is 9.18. The molecule has 8 heteroatoms. The quantitative estimate of drug-likeness (QED) is 0.820. The van der Waals surface area contributed by atoms with Crippen LogP contribution in [0.25, 0.3) is 0 Å². The summed E-state index contributed by atoms with van der Waals surface area (Å²) in [5.41, 5.74) is -0.245. The van der Waals surface area contributed by atoms with E-state index < -0.39 is 11.7 Å². The molecule has 0 bridgehead atoms. The molecule has 2 aliphatic heterocycles. The molecular weight excluding hydrogens is 357 g/mol. The largest absolute Gasteiger partial charge is 0.416 e. The number of aromatic nitrogens is 3. The average Bonchev–Trinajstić information content (AvgIpc) is 3.18. The topological polar surface area (TPSA) is 43.2 Å². The van der Waals surface area contributed by atoms with Crippen LogP contribution in [0.3, 0.4) is 0 Å². The van der Waals surface area contributed by atoms with Gasteiger partial charge >= 0.3 is 6.18 Å². The maximum Gasteiger partial charge on any atom is 0.416 e. The van der Waals surface area contributed by atoms with Gasteiger partial charge in [-0.25, -0.2) is 0 Å². The van der Waals surface area contributed by atoms with Gasteiger partial charge in [-0.2, -0.15) is 13.2 Å². The van der Waals surface area contributed by atoms with E-state index in [2.05, 4.69) is 15.1 Å². The zero-order chi connectivity index (χ0) is 19.1. The zero-order valence-corrected chi connectivity index (χ0v) is 15.2. The molecule has 0 saturated carbocycles. The van der Waals surface area contributed by atoms with Gasteiger partial charge in [0.05, 0.1) is 5.56 Å². The van der Waals surface area contributed by atoms with Gasteiger partial charge in [-0.05, 0) is 29.9 Å². The van der Waals surface area contributed by atoms with Crippen LogP contribution in [0.5, 0.6) is 0 Å². The molecule has 3 heterocycles.